The van der Waals surface area contributed by atoms with E-state index < -0.39 is 17.5 Å². The second-order valence-electron chi connectivity index (χ2n) is 9.25. The first kappa shape index (κ1) is 28.5. The molecule has 2 heterocycles. The van der Waals surface area contributed by atoms with Crippen molar-refractivity contribution in [1.82, 2.24) is 9.80 Å². The fraction of sp³-hybridized carbons (Fsp3) is 0.577. The fourth-order valence-electron chi connectivity index (χ4n) is 4.25. The monoisotopic (exact) mass is 490 g/mol. The van der Waals surface area contributed by atoms with Gasteiger partial charge in [-0.3, -0.25) is 9.69 Å². The fourth-order valence-corrected chi connectivity index (χ4v) is 4.25. The summed E-state index contributed by atoms with van der Waals surface area (Å²) in [7, 11) is 0. The van der Waals surface area contributed by atoms with Crippen LogP contribution in [0.1, 0.15) is 50.4 Å². The molecule has 0 aliphatic carbocycles. The van der Waals surface area contributed by atoms with Gasteiger partial charge in [0.05, 0.1) is 25.4 Å². The molecule has 2 fully saturated rings. The van der Waals surface area contributed by atoms with Gasteiger partial charge in [-0.05, 0) is 70.8 Å². The van der Waals surface area contributed by atoms with Gasteiger partial charge in [0.1, 0.15) is 5.75 Å². The lowest BCUT2D eigenvalue weighted by molar-refractivity contribution is -0.134. The van der Waals surface area contributed by atoms with Crippen molar-refractivity contribution < 1.29 is 34.1 Å². The first-order chi connectivity index (χ1) is 16.6. The number of carbonyl (C=O) groups excluding carboxylic acids is 1. The van der Waals surface area contributed by atoms with Gasteiger partial charge in [-0.25, -0.2) is 9.59 Å². The van der Waals surface area contributed by atoms with Crippen molar-refractivity contribution in [3.05, 3.63) is 42.0 Å². The van der Waals surface area contributed by atoms with Crippen LogP contribution in [0, 0.1) is 0 Å². The molecule has 0 radical (unpaired) electrons. The molecule has 0 spiro atoms. The minimum Gasteiger partial charge on any atom is -0.494 e. The molecule has 0 saturated carbocycles. The highest BCUT2D eigenvalue weighted by molar-refractivity contribution is 6.02. The molecule has 194 valence electrons. The summed E-state index contributed by atoms with van der Waals surface area (Å²) in [5.41, 5.74) is 0.225. The number of carboxylic acid groups (broad SMARTS) is 2. The summed E-state index contributed by atoms with van der Waals surface area (Å²) in [5, 5.41) is 15.6. The Labute approximate surface area is 207 Å². The third kappa shape index (κ3) is 9.43. The van der Waals surface area contributed by atoms with E-state index in [1.165, 1.54) is 19.4 Å². The van der Waals surface area contributed by atoms with Crippen LogP contribution in [0.5, 0.6) is 5.75 Å². The van der Waals surface area contributed by atoms with Crippen molar-refractivity contribution in [2.75, 3.05) is 46.0 Å². The molecule has 2 saturated heterocycles. The molecule has 9 nitrogen and oxygen atoms in total. The van der Waals surface area contributed by atoms with E-state index in [1.807, 2.05) is 38.1 Å². The maximum atomic E-state index is 13.0. The SMILES string of the molecule is CC1CCCN1CCCOc1ccc(C(=O)C(C)(C)N2CCOCC2)cc1.O=C(O)C=CC(=O)O. The van der Waals surface area contributed by atoms with Crippen LogP contribution < -0.4 is 4.74 Å². The predicted octanol–water partition coefficient (Wildman–Crippen LogP) is 2.95. The number of carbonyl (C=O) groups is 3. The van der Waals surface area contributed by atoms with E-state index in [0.717, 1.165) is 44.0 Å². The molecule has 1 unspecified atom stereocenters. The van der Waals surface area contributed by atoms with Crippen molar-refractivity contribution in [3.63, 3.8) is 0 Å². The van der Waals surface area contributed by atoms with Gasteiger partial charge in [-0.15, -0.1) is 0 Å². The Bertz CT molecular complexity index is 845. The van der Waals surface area contributed by atoms with Crippen molar-refractivity contribution in [3.8, 4) is 5.75 Å². The van der Waals surface area contributed by atoms with Gasteiger partial charge in [0.25, 0.3) is 0 Å². The topological polar surface area (TPSA) is 117 Å². The number of rotatable bonds is 10. The molecule has 0 amide bonds. The Balaban J connectivity index is 0.000000466. The van der Waals surface area contributed by atoms with Gasteiger partial charge in [0.2, 0.25) is 0 Å². The van der Waals surface area contributed by atoms with E-state index in [-0.39, 0.29) is 5.78 Å². The summed E-state index contributed by atoms with van der Waals surface area (Å²) in [6.45, 7) is 12.3. The van der Waals surface area contributed by atoms with Crippen LogP contribution in [0.2, 0.25) is 0 Å². The molecular weight excluding hydrogens is 452 g/mol. The number of ether oxygens (including phenoxy) is 2. The Morgan fingerprint density at radius 3 is 2.17 bits per heavy atom. The number of benzene rings is 1. The Morgan fingerprint density at radius 1 is 1.06 bits per heavy atom. The van der Waals surface area contributed by atoms with Crippen molar-refractivity contribution >= 4 is 17.7 Å². The molecule has 1 aromatic carbocycles. The summed E-state index contributed by atoms with van der Waals surface area (Å²) < 4.78 is 11.3. The molecular formula is C26H38N2O7. The number of nitrogens with zero attached hydrogens (tertiary/aromatic N) is 2. The maximum absolute atomic E-state index is 13.0. The lowest BCUT2D eigenvalue weighted by Gasteiger charge is -2.39. The van der Waals surface area contributed by atoms with Crippen molar-refractivity contribution in [2.45, 2.75) is 51.6 Å². The maximum Gasteiger partial charge on any atom is 0.328 e. The molecule has 2 N–H and O–H groups in total. The first-order valence-electron chi connectivity index (χ1n) is 12.1. The van der Waals surface area contributed by atoms with Gasteiger partial charge >= 0.3 is 11.9 Å². The minimum absolute atomic E-state index is 0.152. The molecule has 9 heteroatoms. The van der Waals surface area contributed by atoms with Crippen LogP contribution in [-0.2, 0) is 14.3 Å². The summed E-state index contributed by atoms with van der Waals surface area (Å²) in [5.74, 6) is -1.52. The second-order valence-corrected chi connectivity index (χ2v) is 9.25. The van der Waals surface area contributed by atoms with Crippen LogP contribution in [-0.4, -0.2) is 95.3 Å². The molecule has 1 aromatic rings. The average Bonchev–Trinajstić information content (AvgIpc) is 3.26. The molecule has 2 aliphatic rings. The van der Waals surface area contributed by atoms with Crippen LogP contribution in [0.3, 0.4) is 0 Å². The van der Waals surface area contributed by atoms with E-state index in [1.54, 1.807) is 0 Å². The molecule has 0 aromatic heterocycles. The van der Waals surface area contributed by atoms with E-state index in [2.05, 4.69) is 16.7 Å². The number of carboxylic acids is 2. The number of Topliss-reactive ketones (excluding diaryl/α,β-unsaturated/α-hetero) is 1. The largest absolute Gasteiger partial charge is 0.494 e. The highest BCUT2D eigenvalue weighted by Crippen LogP contribution is 2.23. The third-order valence-electron chi connectivity index (χ3n) is 6.39. The van der Waals surface area contributed by atoms with E-state index in [4.69, 9.17) is 19.7 Å². The number of ketones is 1. The number of hydrogen-bond donors (Lipinski definition) is 2. The van der Waals surface area contributed by atoms with E-state index >= 15 is 0 Å². The van der Waals surface area contributed by atoms with Crippen molar-refractivity contribution in [2.24, 2.45) is 0 Å². The number of morpholine rings is 1. The van der Waals surface area contributed by atoms with E-state index in [9.17, 15) is 14.4 Å². The van der Waals surface area contributed by atoms with Gasteiger partial charge < -0.3 is 24.6 Å². The Kier molecular flexibility index (Phi) is 11.4. The van der Waals surface area contributed by atoms with Gasteiger partial charge in [0, 0.05) is 43.4 Å². The molecule has 0 bridgehead atoms. The number of hydrogen-bond acceptors (Lipinski definition) is 7. The summed E-state index contributed by atoms with van der Waals surface area (Å²) in [6, 6.07) is 8.33. The highest BCUT2D eigenvalue weighted by Gasteiger charge is 2.35. The Morgan fingerprint density at radius 2 is 1.66 bits per heavy atom. The third-order valence-corrected chi connectivity index (χ3v) is 6.39. The molecule has 3 rings (SSSR count). The normalized spacial score (nSPS) is 19.2. The summed E-state index contributed by atoms with van der Waals surface area (Å²) in [4.78, 5) is 36.8. The van der Waals surface area contributed by atoms with Gasteiger partial charge in [0.15, 0.2) is 5.78 Å². The van der Waals surface area contributed by atoms with E-state index in [0.29, 0.717) is 31.4 Å². The molecule has 35 heavy (non-hydrogen) atoms. The van der Waals surface area contributed by atoms with Gasteiger partial charge in [-0.1, -0.05) is 0 Å². The van der Waals surface area contributed by atoms with Crippen LogP contribution in [0.4, 0.5) is 0 Å². The zero-order valence-corrected chi connectivity index (χ0v) is 20.9. The lowest BCUT2D eigenvalue weighted by atomic mass is 9.91. The van der Waals surface area contributed by atoms with Crippen LogP contribution in [0.25, 0.3) is 0 Å². The number of aliphatic carboxylic acids is 2. The van der Waals surface area contributed by atoms with Crippen molar-refractivity contribution in [1.29, 1.82) is 0 Å². The quantitative estimate of drug-likeness (QED) is 0.290. The molecule has 1 atom stereocenters. The zero-order valence-electron chi connectivity index (χ0n) is 20.9. The minimum atomic E-state index is -1.26. The Hall–Kier alpha value is -2.75. The molecule has 2 aliphatic heterocycles. The standard InChI is InChI=1S/C22H34N2O3.C4H4O4/c1-18-6-4-11-23(18)12-5-15-27-20-9-7-19(8-10-20)21(25)22(2,3)24-13-16-26-17-14-24;5-3(6)1-2-4(7)8/h7-10,18H,4-6,11-17H2,1-3H3;1-2H,(H,5,6)(H,7,8). The average molecular weight is 491 g/mol. The number of likely N-dealkylation sites (tertiary alicyclic amines) is 1. The van der Waals surface area contributed by atoms with Gasteiger partial charge in [-0.2, -0.15) is 0 Å². The van der Waals surface area contributed by atoms with Crippen LogP contribution >= 0.6 is 0 Å². The lowest BCUT2D eigenvalue weighted by Crippen LogP contribution is -2.54. The van der Waals surface area contributed by atoms with Crippen LogP contribution in [0.15, 0.2) is 36.4 Å². The summed E-state index contributed by atoms with van der Waals surface area (Å²) in [6.07, 6.45) is 4.79. The smallest absolute Gasteiger partial charge is 0.328 e. The summed E-state index contributed by atoms with van der Waals surface area (Å²) >= 11 is 0. The second kappa shape index (κ2) is 14.0. The first-order valence-corrected chi connectivity index (χ1v) is 12.1. The predicted molar refractivity (Wildman–Crippen MR) is 132 cm³/mol. The zero-order chi connectivity index (χ0) is 25.8. The highest BCUT2D eigenvalue weighted by atomic mass is 16.5.